The smallest absolute Gasteiger partial charge is 0.253 e. The molecule has 2 rings (SSSR count). The van der Waals surface area contributed by atoms with Gasteiger partial charge in [-0.25, -0.2) is 0 Å². The van der Waals surface area contributed by atoms with E-state index in [2.05, 4.69) is 5.32 Å². The van der Waals surface area contributed by atoms with Crippen LogP contribution in [0.25, 0.3) is 0 Å². The van der Waals surface area contributed by atoms with E-state index in [4.69, 9.17) is 46.4 Å². The summed E-state index contributed by atoms with van der Waals surface area (Å²) in [7, 11) is 0. The van der Waals surface area contributed by atoms with Gasteiger partial charge in [0.05, 0.1) is 25.7 Å². The summed E-state index contributed by atoms with van der Waals surface area (Å²) >= 11 is 23.8. The van der Waals surface area contributed by atoms with Crippen LogP contribution in [0.3, 0.4) is 0 Å². The third-order valence-electron chi connectivity index (χ3n) is 2.67. The van der Waals surface area contributed by atoms with Crippen molar-refractivity contribution in [3.63, 3.8) is 0 Å². The van der Waals surface area contributed by atoms with E-state index in [1.54, 1.807) is 36.4 Å². The van der Waals surface area contributed by atoms with Crippen LogP contribution in [0.15, 0.2) is 36.4 Å². The monoisotopic (exact) mass is 347 g/mol. The number of benzene rings is 2. The van der Waals surface area contributed by atoms with Gasteiger partial charge in [-0.3, -0.25) is 4.79 Å². The largest absolute Gasteiger partial charge is 0.348 e. The van der Waals surface area contributed by atoms with Crippen molar-refractivity contribution in [1.82, 2.24) is 5.32 Å². The predicted octanol–water partition coefficient (Wildman–Crippen LogP) is 5.23. The van der Waals surface area contributed by atoms with Crippen LogP contribution in [0, 0.1) is 0 Å². The van der Waals surface area contributed by atoms with Crippen LogP contribution in [0.1, 0.15) is 15.9 Å². The van der Waals surface area contributed by atoms with E-state index in [0.717, 1.165) is 5.56 Å². The lowest BCUT2D eigenvalue weighted by atomic mass is 10.2. The summed E-state index contributed by atoms with van der Waals surface area (Å²) < 4.78 is 0. The Balaban J connectivity index is 2.13. The summed E-state index contributed by atoms with van der Waals surface area (Å²) in [6.07, 6.45) is 0. The van der Waals surface area contributed by atoms with E-state index in [1.165, 1.54) is 0 Å². The quantitative estimate of drug-likeness (QED) is 0.808. The van der Waals surface area contributed by atoms with Crippen LogP contribution in [0.4, 0.5) is 0 Å². The molecule has 104 valence electrons. The van der Waals surface area contributed by atoms with Crippen molar-refractivity contribution in [1.29, 1.82) is 0 Å². The van der Waals surface area contributed by atoms with Crippen molar-refractivity contribution in [3.05, 3.63) is 67.6 Å². The van der Waals surface area contributed by atoms with Gasteiger partial charge in [-0.15, -0.1) is 0 Å². The topological polar surface area (TPSA) is 29.1 Å². The van der Waals surface area contributed by atoms with Crippen molar-refractivity contribution >= 4 is 52.3 Å². The molecule has 0 fully saturated rings. The lowest BCUT2D eigenvalue weighted by molar-refractivity contribution is 0.0951. The summed E-state index contributed by atoms with van der Waals surface area (Å²) in [6.45, 7) is 0.251. The number of carbonyl (C=O) groups is 1. The van der Waals surface area contributed by atoms with Gasteiger partial charge >= 0.3 is 0 Å². The molecular weight excluding hydrogens is 340 g/mol. The number of amides is 1. The summed E-state index contributed by atoms with van der Waals surface area (Å²) in [5, 5.41) is 4.15. The highest BCUT2D eigenvalue weighted by Crippen LogP contribution is 2.27. The normalized spacial score (nSPS) is 10.4. The Morgan fingerprint density at radius 3 is 2.20 bits per heavy atom. The molecule has 0 aromatic heterocycles. The minimum atomic E-state index is -0.325. The van der Waals surface area contributed by atoms with Gasteiger partial charge in [0, 0.05) is 6.54 Å². The van der Waals surface area contributed by atoms with Crippen LogP contribution in [-0.4, -0.2) is 5.91 Å². The SMILES string of the molecule is O=C(NCc1cccc(Cl)c1Cl)c1cccc(Cl)c1Cl. The first-order chi connectivity index (χ1) is 9.50. The summed E-state index contributed by atoms with van der Waals surface area (Å²) in [5.41, 5.74) is 1.04. The minimum absolute atomic E-state index is 0.226. The number of rotatable bonds is 3. The summed E-state index contributed by atoms with van der Waals surface area (Å²) in [5.74, 6) is -0.325. The first-order valence-corrected chi connectivity index (χ1v) is 7.17. The van der Waals surface area contributed by atoms with Gasteiger partial charge in [-0.2, -0.15) is 0 Å². The molecule has 0 aliphatic carbocycles. The zero-order valence-electron chi connectivity index (χ0n) is 10.1. The Bertz CT molecular complexity index is 658. The van der Waals surface area contributed by atoms with Crippen LogP contribution in [-0.2, 0) is 6.54 Å². The van der Waals surface area contributed by atoms with E-state index < -0.39 is 0 Å². The highest BCUT2D eigenvalue weighted by Gasteiger charge is 2.13. The van der Waals surface area contributed by atoms with Crippen LogP contribution >= 0.6 is 46.4 Å². The molecular formula is C14H9Cl4NO. The van der Waals surface area contributed by atoms with E-state index in [-0.39, 0.29) is 17.5 Å². The van der Waals surface area contributed by atoms with E-state index >= 15 is 0 Å². The van der Waals surface area contributed by atoms with E-state index in [1.807, 2.05) is 0 Å². The molecule has 6 heteroatoms. The zero-order chi connectivity index (χ0) is 14.7. The van der Waals surface area contributed by atoms with Gasteiger partial charge < -0.3 is 5.32 Å². The van der Waals surface area contributed by atoms with Crippen molar-refractivity contribution in [3.8, 4) is 0 Å². The number of hydrogen-bond donors (Lipinski definition) is 1. The molecule has 0 saturated carbocycles. The third kappa shape index (κ3) is 3.39. The molecule has 2 nitrogen and oxygen atoms in total. The number of carbonyl (C=O) groups excluding carboxylic acids is 1. The standard InChI is InChI=1S/C14H9Cl4NO/c15-10-5-1-3-8(12(10)17)7-19-14(20)9-4-2-6-11(16)13(9)18/h1-6H,7H2,(H,19,20). The second-order valence-corrected chi connectivity index (χ2v) is 5.57. The fourth-order valence-corrected chi connectivity index (χ4v) is 2.41. The lowest BCUT2D eigenvalue weighted by Crippen LogP contribution is -2.23. The zero-order valence-corrected chi connectivity index (χ0v) is 13.1. The minimum Gasteiger partial charge on any atom is -0.348 e. The second-order valence-electron chi connectivity index (χ2n) is 4.00. The van der Waals surface area contributed by atoms with Gasteiger partial charge in [-0.05, 0) is 23.8 Å². The van der Waals surface area contributed by atoms with Crippen molar-refractivity contribution in [2.45, 2.75) is 6.54 Å². The maximum atomic E-state index is 12.1. The summed E-state index contributed by atoms with van der Waals surface area (Å²) in [6, 6.07) is 10.1. The van der Waals surface area contributed by atoms with Gasteiger partial charge in [0.1, 0.15) is 0 Å². The predicted molar refractivity (Wildman–Crippen MR) is 84.1 cm³/mol. The number of nitrogens with one attached hydrogen (secondary N) is 1. The molecule has 0 aliphatic rings. The highest BCUT2D eigenvalue weighted by atomic mass is 35.5. The van der Waals surface area contributed by atoms with E-state index in [0.29, 0.717) is 20.6 Å². The van der Waals surface area contributed by atoms with Crippen LogP contribution < -0.4 is 5.32 Å². The maximum absolute atomic E-state index is 12.1. The van der Waals surface area contributed by atoms with Crippen molar-refractivity contribution in [2.24, 2.45) is 0 Å². The molecule has 0 aliphatic heterocycles. The van der Waals surface area contributed by atoms with Gasteiger partial charge in [0.2, 0.25) is 0 Å². The van der Waals surface area contributed by atoms with Gasteiger partial charge in [0.15, 0.2) is 0 Å². The van der Waals surface area contributed by atoms with Crippen molar-refractivity contribution in [2.75, 3.05) is 0 Å². The van der Waals surface area contributed by atoms with Crippen LogP contribution in [0.2, 0.25) is 20.1 Å². The summed E-state index contributed by atoms with van der Waals surface area (Å²) in [4.78, 5) is 12.1. The Morgan fingerprint density at radius 2 is 1.50 bits per heavy atom. The fraction of sp³-hybridized carbons (Fsp3) is 0.0714. The molecule has 20 heavy (non-hydrogen) atoms. The Kier molecular flexibility index (Phi) is 5.17. The number of hydrogen-bond acceptors (Lipinski definition) is 1. The molecule has 1 N–H and O–H groups in total. The molecule has 0 atom stereocenters. The Labute approximate surface area is 136 Å². The molecule has 0 radical (unpaired) electrons. The number of halogens is 4. The molecule has 0 heterocycles. The molecule has 0 unspecified atom stereocenters. The van der Waals surface area contributed by atoms with Gasteiger partial charge in [-0.1, -0.05) is 64.6 Å². The first kappa shape index (κ1) is 15.5. The van der Waals surface area contributed by atoms with Crippen molar-refractivity contribution < 1.29 is 4.79 Å². The average molecular weight is 349 g/mol. The molecule has 0 bridgehead atoms. The molecule has 0 spiro atoms. The van der Waals surface area contributed by atoms with Crippen LogP contribution in [0.5, 0.6) is 0 Å². The molecule has 0 saturated heterocycles. The van der Waals surface area contributed by atoms with Gasteiger partial charge in [0.25, 0.3) is 5.91 Å². The Hall–Kier alpha value is -0.930. The molecule has 2 aromatic carbocycles. The third-order valence-corrected chi connectivity index (χ3v) is 4.34. The average Bonchev–Trinajstić information content (AvgIpc) is 2.43. The fourth-order valence-electron chi connectivity index (χ4n) is 1.63. The molecule has 2 aromatic rings. The maximum Gasteiger partial charge on any atom is 0.253 e. The first-order valence-electron chi connectivity index (χ1n) is 5.66. The Morgan fingerprint density at radius 1 is 0.900 bits per heavy atom. The highest BCUT2D eigenvalue weighted by molar-refractivity contribution is 6.44. The second kappa shape index (κ2) is 6.68. The molecule has 1 amide bonds. The lowest BCUT2D eigenvalue weighted by Gasteiger charge is -2.09. The van der Waals surface area contributed by atoms with E-state index in [9.17, 15) is 4.79 Å².